The molecular weight excluding hydrogens is 278 g/mol. The van der Waals surface area contributed by atoms with Crippen LogP contribution in [0.2, 0.25) is 0 Å². The standard InChI is InChI=1S/C17H23N3O2/c1-3-20(4-2)17(21)13-9-7-12(8-10-13)16-19-15-14(22-16)6-5-11-18-15/h5-6,11-13H,3-4,7-10H2,1-2H3. The van der Waals surface area contributed by atoms with E-state index in [1.807, 2.05) is 30.9 Å². The van der Waals surface area contributed by atoms with Crippen molar-refractivity contribution in [3.63, 3.8) is 0 Å². The fourth-order valence-corrected chi connectivity index (χ4v) is 3.34. The van der Waals surface area contributed by atoms with Crippen molar-refractivity contribution in [1.82, 2.24) is 14.9 Å². The zero-order valence-electron chi connectivity index (χ0n) is 13.3. The molecule has 1 aliphatic rings. The van der Waals surface area contributed by atoms with Gasteiger partial charge in [0.1, 0.15) is 0 Å². The van der Waals surface area contributed by atoms with Gasteiger partial charge in [0.2, 0.25) is 5.91 Å². The predicted molar refractivity (Wildman–Crippen MR) is 84.4 cm³/mol. The minimum absolute atomic E-state index is 0.165. The Morgan fingerprint density at radius 3 is 2.64 bits per heavy atom. The van der Waals surface area contributed by atoms with E-state index in [9.17, 15) is 4.79 Å². The van der Waals surface area contributed by atoms with E-state index < -0.39 is 0 Å². The second kappa shape index (κ2) is 6.46. The maximum atomic E-state index is 12.4. The summed E-state index contributed by atoms with van der Waals surface area (Å²) in [6.45, 7) is 5.68. The van der Waals surface area contributed by atoms with Gasteiger partial charge in [-0.05, 0) is 51.7 Å². The first-order chi connectivity index (χ1) is 10.7. The molecule has 2 heterocycles. The second-order valence-electron chi connectivity index (χ2n) is 5.94. The van der Waals surface area contributed by atoms with E-state index in [-0.39, 0.29) is 5.92 Å². The van der Waals surface area contributed by atoms with E-state index in [1.54, 1.807) is 6.20 Å². The molecule has 0 bridgehead atoms. The van der Waals surface area contributed by atoms with Crippen LogP contribution in [0.15, 0.2) is 22.7 Å². The van der Waals surface area contributed by atoms with E-state index in [2.05, 4.69) is 9.97 Å². The third-order valence-electron chi connectivity index (χ3n) is 4.68. The number of hydrogen-bond donors (Lipinski definition) is 0. The highest BCUT2D eigenvalue weighted by Crippen LogP contribution is 2.36. The van der Waals surface area contributed by atoms with Gasteiger partial charge in [-0.1, -0.05) is 0 Å². The van der Waals surface area contributed by atoms with Gasteiger partial charge in [-0.25, -0.2) is 4.98 Å². The summed E-state index contributed by atoms with van der Waals surface area (Å²) in [7, 11) is 0. The van der Waals surface area contributed by atoms with Crippen molar-refractivity contribution >= 4 is 17.1 Å². The average molecular weight is 301 g/mol. The smallest absolute Gasteiger partial charge is 0.225 e. The van der Waals surface area contributed by atoms with Crippen LogP contribution in [0.5, 0.6) is 0 Å². The Hall–Kier alpha value is -1.91. The summed E-state index contributed by atoms with van der Waals surface area (Å²) in [5, 5.41) is 0. The molecule has 118 valence electrons. The molecule has 0 N–H and O–H groups in total. The van der Waals surface area contributed by atoms with Gasteiger partial charge in [0.25, 0.3) is 0 Å². The first-order valence-electron chi connectivity index (χ1n) is 8.23. The fourth-order valence-electron chi connectivity index (χ4n) is 3.34. The molecule has 1 saturated carbocycles. The van der Waals surface area contributed by atoms with Crippen LogP contribution in [0, 0.1) is 5.92 Å². The molecule has 1 aliphatic carbocycles. The lowest BCUT2D eigenvalue weighted by Crippen LogP contribution is -2.37. The molecule has 1 amide bonds. The van der Waals surface area contributed by atoms with Gasteiger partial charge in [0, 0.05) is 31.1 Å². The maximum absolute atomic E-state index is 12.4. The number of nitrogens with zero attached hydrogens (tertiary/aromatic N) is 3. The number of hydrogen-bond acceptors (Lipinski definition) is 4. The number of carbonyl (C=O) groups excluding carboxylic acids is 1. The van der Waals surface area contributed by atoms with Crippen LogP contribution >= 0.6 is 0 Å². The molecule has 0 aromatic carbocycles. The molecule has 5 heteroatoms. The van der Waals surface area contributed by atoms with E-state index in [1.165, 1.54) is 0 Å². The molecule has 0 spiro atoms. The quantitative estimate of drug-likeness (QED) is 0.868. The van der Waals surface area contributed by atoms with Crippen LogP contribution in [0.4, 0.5) is 0 Å². The lowest BCUT2D eigenvalue weighted by Gasteiger charge is -2.30. The normalized spacial score (nSPS) is 21.9. The van der Waals surface area contributed by atoms with Crippen molar-refractivity contribution < 1.29 is 9.21 Å². The zero-order valence-corrected chi connectivity index (χ0v) is 13.3. The highest BCUT2D eigenvalue weighted by molar-refractivity contribution is 5.78. The number of aromatic nitrogens is 2. The molecule has 5 nitrogen and oxygen atoms in total. The van der Waals surface area contributed by atoms with Crippen molar-refractivity contribution in [2.45, 2.75) is 45.4 Å². The van der Waals surface area contributed by atoms with Gasteiger partial charge >= 0.3 is 0 Å². The highest BCUT2D eigenvalue weighted by atomic mass is 16.3. The van der Waals surface area contributed by atoms with Gasteiger partial charge < -0.3 is 9.32 Å². The van der Waals surface area contributed by atoms with E-state index in [0.717, 1.165) is 50.2 Å². The molecule has 3 rings (SSSR count). The summed E-state index contributed by atoms with van der Waals surface area (Å²) < 4.78 is 5.82. The summed E-state index contributed by atoms with van der Waals surface area (Å²) in [4.78, 5) is 23.1. The molecule has 0 atom stereocenters. The lowest BCUT2D eigenvalue weighted by atomic mass is 9.81. The average Bonchev–Trinajstić information content (AvgIpc) is 3.00. The fraction of sp³-hybridized carbons (Fsp3) is 0.588. The van der Waals surface area contributed by atoms with Crippen LogP contribution in [0.25, 0.3) is 11.2 Å². The number of fused-ring (bicyclic) bond motifs is 1. The first kappa shape index (κ1) is 15.0. The van der Waals surface area contributed by atoms with Crippen molar-refractivity contribution in [3.05, 3.63) is 24.2 Å². The Morgan fingerprint density at radius 1 is 1.27 bits per heavy atom. The van der Waals surface area contributed by atoms with Crippen LogP contribution < -0.4 is 0 Å². The van der Waals surface area contributed by atoms with Crippen molar-refractivity contribution in [2.24, 2.45) is 5.92 Å². The van der Waals surface area contributed by atoms with Crippen molar-refractivity contribution in [2.75, 3.05) is 13.1 Å². The third kappa shape index (κ3) is 2.85. The Bertz CT molecular complexity index is 607. The molecular formula is C17H23N3O2. The summed E-state index contributed by atoms with van der Waals surface area (Å²) in [6.07, 6.45) is 5.50. The number of oxazole rings is 1. The molecule has 0 unspecified atom stereocenters. The molecule has 0 aliphatic heterocycles. The summed E-state index contributed by atoms with van der Waals surface area (Å²) in [6, 6.07) is 3.76. The molecule has 0 radical (unpaired) electrons. The van der Waals surface area contributed by atoms with E-state index in [4.69, 9.17) is 4.42 Å². The van der Waals surface area contributed by atoms with Crippen LogP contribution in [-0.4, -0.2) is 33.9 Å². The van der Waals surface area contributed by atoms with E-state index in [0.29, 0.717) is 17.5 Å². The molecule has 0 saturated heterocycles. The van der Waals surface area contributed by atoms with Crippen LogP contribution in [-0.2, 0) is 4.79 Å². The Kier molecular flexibility index (Phi) is 4.41. The SMILES string of the molecule is CCN(CC)C(=O)C1CCC(c2nc3ncccc3o2)CC1. The summed E-state index contributed by atoms with van der Waals surface area (Å²) in [5.41, 5.74) is 1.43. The van der Waals surface area contributed by atoms with Gasteiger partial charge in [0.05, 0.1) is 0 Å². The highest BCUT2D eigenvalue weighted by Gasteiger charge is 2.31. The molecule has 2 aromatic rings. The number of carbonyl (C=O) groups is 1. The second-order valence-corrected chi connectivity index (χ2v) is 5.94. The van der Waals surface area contributed by atoms with Gasteiger partial charge in [0.15, 0.2) is 17.1 Å². The predicted octanol–water partition coefficient (Wildman–Crippen LogP) is 3.37. The summed E-state index contributed by atoms with van der Waals surface area (Å²) in [5.74, 6) is 1.57. The lowest BCUT2D eigenvalue weighted by molar-refractivity contribution is -0.136. The molecule has 2 aromatic heterocycles. The van der Waals surface area contributed by atoms with Gasteiger partial charge in [-0.3, -0.25) is 4.79 Å². The number of rotatable bonds is 4. The number of pyridine rings is 1. The number of amides is 1. The zero-order chi connectivity index (χ0) is 15.5. The minimum Gasteiger partial charge on any atom is -0.439 e. The summed E-state index contributed by atoms with van der Waals surface area (Å²) >= 11 is 0. The van der Waals surface area contributed by atoms with E-state index >= 15 is 0 Å². The first-order valence-corrected chi connectivity index (χ1v) is 8.23. The molecule has 1 fully saturated rings. The van der Waals surface area contributed by atoms with Crippen LogP contribution in [0.3, 0.4) is 0 Å². The maximum Gasteiger partial charge on any atom is 0.225 e. The largest absolute Gasteiger partial charge is 0.439 e. The van der Waals surface area contributed by atoms with Gasteiger partial charge in [-0.2, -0.15) is 4.98 Å². The monoisotopic (exact) mass is 301 g/mol. The third-order valence-corrected chi connectivity index (χ3v) is 4.68. The Labute approximate surface area is 130 Å². The Balaban J connectivity index is 1.65. The topological polar surface area (TPSA) is 59.2 Å². The van der Waals surface area contributed by atoms with Crippen molar-refractivity contribution in [3.8, 4) is 0 Å². The molecule has 22 heavy (non-hydrogen) atoms. The van der Waals surface area contributed by atoms with Crippen LogP contribution in [0.1, 0.15) is 51.3 Å². The van der Waals surface area contributed by atoms with Crippen molar-refractivity contribution in [1.29, 1.82) is 0 Å². The van der Waals surface area contributed by atoms with Gasteiger partial charge in [-0.15, -0.1) is 0 Å². The Morgan fingerprint density at radius 2 is 2.00 bits per heavy atom. The minimum atomic E-state index is 0.165.